The quantitative estimate of drug-likeness (QED) is 0.887. The Morgan fingerprint density at radius 3 is 2.72 bits per heavy atom. The lowest BCUT2D eigenvalue weighted by atomic mass is 10.3. The minimum Gasteiger partial charge on any atom is -0.319 e. The van der Waals surface area contributed by atoms with Crippen LogP contribution in [0.3, 0.4) is 0 Å². The number of nitrogens with zero attached hydrogens (tertiary/aromatic N) is 3. The lowest BCUT2D eigenvalue weighted by Gasteiger charge is -2.04. The Labute approximate surface area is 97.8 Å². The van der Waals surface area contributed by atoms with Crippen LogP contribution in [-0.4, -0.2) is 21.2 Å². The number of aromatic nitrogens is 3. The predicted octanol–water partition coefficient (Wildman–Crippen LogP) is 1.74. The van der Waals surface area contributed by atoms with Crippen molar-refractivity contribution in [1.82, 2.24) is 15.3 Å². The van der Waals surface area contributed by atoms with Crippen molar-refractivity contribution in [3.05, 3.63) is 35.9 Å². The number of hydrogen-bond acceptors (Lipinski definition) is 5. The van der Waals surface area contributed by atoms with E-state index in [0.717, 1.165) is 0 Å². The summed E-state index contributed by atoms with van der Waals surface area (Å²) in [7, 11) is 0. The van der Waals surface area contributed by atoms with Gasteiger partial charge in [0.25, 0.3) is 5.91 Å². The first-order valence-electron chi connectivity index (χ1n) is 4.59. The third-order valence-corrected chi connectivity index (χ3v) is 1.89. The average molecular weight is 258 g/mol. The number of nitrogens with one attached hydrogen (secondary N) is 1. The first-order valence-corrected chi connectivity index (χ1v) is 4.59. The highest BCUT2D eigenvalue weighted by atomic mass is 19.4. The number of carbonyl (C=O) groups is 1. The monoisotopic (exact) mass is 258 g/mol. The van der Waals surface area contributed by atoms with E-state index in [4.69, 9.17) is 0 Å². The van der Waals surface area contributed by atoms with Crippen molar-refractivity contribution >= 4 is 11.6 Å². The molecule has 2 heterocycles. The highest BCUT2D eigenvalue weighted by Gasteiger charge is 2.41. The van der Waals surface area contributed by atoms with Gasteiger partial charge in [-0.15, -0.1) is 0 Å². The summed E-state index contributed by atoms with van der Waals surface area (Å²) in [6.07, 6.45) is -2.07. The minimum atomic E-state index is -4.80. The average Bonchev–Trinajstić information content (AvgIpc) is 2.79. The SMILES string of the molecule is O=C(Nc1cccnc1)c1nonc1C(F)(F)F. The van der Waals surface area contributed by atoms with Gasteiger partial charge in [0.05, 0.1) is 11.9 Å². The second-order valence-electron chi connectivity index (χ2n) is 3.16. The van der Waals surface area contributed by atoms with Crippen LogP contribution in [0.1, 0.15) is 16.2 Å². The molecule has 2 aromatic rings. The molecule has 0 saturated heterocycles. The molecule has 0 aliphatic heterocycles. The van der Waals surface area contributed by atoms with E-state index in [1.165, 1.54) is 24.5 Å². The fourth-order valence-corrected chi connectivity index (χ4v) is 1.15. The summed E-state index contributed by atoms with van der Waals surface area (Å²) in [5.41, 5.74) is -2.16. The number of halogens is 3. The van der Waals surface area contributed by atoms with Crippen LogP contribution in [0.4, 0.5) is 18.9 Å². The van der Waals surface area contributed by atoms with E-state index in [1.807, 2.05) is 0 Å². The number of anilines is 1. The maximum absolute atomic E-state index is 12.4. The van der Waals surface area contributed by atoms with E-state index in [9.17, 15) is 18.0 Å². The van der Waals surface area contributed by atoms with E-state index in [1.54, 1.807) is 0 Å². The number of alkyl halides is 3. The molecule has 2 aromatic heterocycles. The van der Waals surface area contributed by atoms with Crippen LogP contribution in [0.2, 0.25) is 0 Å². The summed E-state index contributed by atoms with van der Waals surface area (Å²) in [6, 6.07) is 2.98. The maximum Gasteiger partial charge on any atom is 0.439 e. The van der Waals surface area contributed by atoms with Gasteiger partial charge in [0, 0.05) is 6.20 Å². The summed E-state index contributed by atoms with van der Waals surface area (Å²) in [6.45, 7) is 0. The van der Waals surface area contributed by atoms with E-state index in [0.29, 0.717) is 0 Å². The number of rotatable bonds is 2. The first-order chi connectivity index (χ1) is 8.48. The highest BCUT2D eigenvalue weighted by molar-refractivity contribution is 6.03. The fraction of sp³-hybridized carbons (Fsp3) is 0.111. The number of pyridine rings is 1. The molecule has 0 fully saturated rings. The van der Waals surface area contributed by atoms with Gasteiger partial charge in [0.1, 0.15) is 0 Å². The van der Waals surface area contributed by atoms with Gasteiger partial charge < -0.3 is 5.32 Å². The van der Waals surface area contributed by atoms with Gasteiger partial charge in [-0.05, 0) is 22.4 Å². The largest absolute Gasteiger partial charge is 0.439 e. The molecule has 0 bridgehead atoms. The van der Waals surface area contributed by atoms with Crippen LogP contribution < -0.4 is 5.32 Å². The second-order valence-corrected chi connectivity index (χ2v) is 3.16. The molecule has 2 rings (SSSR count). The number of hydrogen-bond donors (Lipinski definition) is 1. The number of amides is 1. The zero-order chi connectivity index (χ0) is 13.2. The highest BCUT2D eigenvalue weighted by Crippen LogP contribution is 2.29. The molecule has 6 nitrogen and oxygen atoms in total. The topological polar surface area (TPSA) is 80.9 Å². The lowest BCUT2D eigenvalue weighted by Crippen LogP contribution is -2.18. The summed E-state index contributed by atoms with van der Waals surface area (Å²) < 4.78 is 41.2. The van der Waals surface area contributed by atoms with Crippen molar-refractivity contribution in [1.29, 1.82) is 0 Å². The molecule has 0 unspecified atom stereocenters. The van der Waals surface area contributed by atoms with Crippen molar-refractivity contribution < 1.29 is 22.6 Å². The fourth-order valence-electron chi connectivity index (χ4n) is 1.15. The molecule has 0 aliphatic carbocycles. The molecular formula is C9H5F3N4O2. The third-order valence-electron chi connectivity index (χ3n) is 1.89. The smallest absolute Gasteiger partial charge is 0.319 e. The van der Waals surface area contributed by atoms with Crippen molar-refractivity contribution in [3.63, 3.8) is 0 Å². The Morgan fingerprint density at radius 2 is 2.11 bits per heavy atom. The van der Waals surface area contributed by atoms with Gasteiger partial charge in [-0.25, -0.2) is 4.63 Å². The number of carbonyl (C=O) groups excluding carboxylic acids is 1. The minimum absolute atomic E-state index is 0.235. The second kappa shape index (κ2) is 4.43. The molecule has 0 atom stereocenters. The predicted molar refractivity (Wildman–Crippen MR) is 51.5 cm³/mol. The van der Waals surface area contributed by atoms with Crippen molar-refractivity contribution in [3.8, 4) is 0 Å². The standard InChI is InChI=1S/C9H5F3N4O2/c10-9(11,12)7-6(15-18-16-7)8(17)14-5-2-1-3-13-4-5/h1-4H,(H,14,17). The van der Waals surface area contributed by atoms with Crippen LogP contribution in [0.25, 0.3) is 0 Å². The van der Waals surface area contributed by atoms with Crippen LogP contribution in [0.15, 0.2) is 29.2 Å². The zero-order valence-corrected chi connectivity index (χ0v) is 8.60. The lowest BCUT2D eigenvalue weighted by molar-refractivity contribution is -0.143. The molecular weight excluding hydrogens is 253 g/mol. The van der Waals surface area contributed by atoms with Gasteiger partial charge in [0.15, 0.2) is 0 Å². The zero-order valence-electron chi connectivity index (χ0n) is 8.60. The molecule has 94 valence electrons. The van der Waals surface area contributed by atoms with Crippen molar-refractivity contribution in [2.45, 2.75) is 6.18 Å². The van der Waals surface area contributed by atoms with E-state index in [2.05, 4.69) is 25.2 Å². The molecule has 0 aliphatic rings. The van der Waals surface area contributed by atoms with Gasteiger partial charge in [-0.1, -0.05) is 0 Å². The van der Waals surface area contributed by atoms with E-state index in [-0.39, 0.29) is 5.69 Å². The maximum atomic E-state index is 12.4. The molecule has 0 spiro atoms. The molecule has 0 saturated carbocycles. The molecule has 0 aromatic carbocycles. The van der Waals surface area contributed by atoms with Crippen LogP contribution >= 0.6 is 0 Å². The van der Waals surface area contributed by atoms with E-state index >= 15 is 0 Å². The van der Waals surface area contributed by atoms with Crippen molar-refractivity contribution in [2.24, 2.45) is 0 Å². The molecule has 1 amide bonds. The normalized spacial score (nSPS) is 11.3. The summed E-state index contributed by atoms with van der Waals surface area (Å²) >= 11 is 0. The van der Waals surface area contributed by atoms with Gasteiger partial charge in [-0.2, -0.15) is 13.2 Å². The third kappa shape index (κ3) is 2.44. The van der Waals surface area contributed by atoms with Gasteiger partial charge >= 0.3 is 6.18 Å². The van der Waals surface area contributed by atoms with Gasteiger partial charge in [0.2, 0.25) is 11.4 Å². The molecule has 0 radical (unpaired) electrons. The molecule has 9 heteroatoms. The Kier molecular flexibility index (Phi) is 2.96. The Morgan fingerprint density at radius 1 is 1.33 bits per heavy atom. The van der Waals surface area contributed by atoms with Gasteiger partial charge in [-0.3, -0.25) is 9.78 Å². The Balaban J connectivity index is 2.23. The Hall–Kier alpha value is -2.45. The van der Waals surface area contributed by atoms with Crippen LogP contribution in [-0.2, 0) is 6.18 Å². The first kappa shape index (κ1) is 12.0. The van der Waals surface area contributed by atoms with Crippen LogP contribution in [0, 0.1) is 0 Å². The Bertz CT molecular complexity index is 552. The molecule has 1 N–H and O–H groups in total. The summed E-state index contributed by atoms with van der Waals surface area (Å²) in [5, 5.41) is 7.80. The van der Waals surface area contributed by atoms with E-state index < -0.39 is 23.5 Å². The summed E-state index contributed by atoms with van der Waals surface area (Å²) in [5.74, 6) is -1.07. The molecule has 18 heavy (non-hydrogen) atoms. The van der Waals surface area contributed by atoms with Crippen LogP contribution in [0.5, 0.6) is 0 Å². The summed E-state index contributed by atoms with van der Waals surface area (Å²) in [4.78, 5) is 15.2. The van der Waals surface area contributed by atoms with Crippen molar-refractivity contribution in [2.75, 3.05) is 5.32 Å².